The van der Waals surface area contributed by atoms with E-state index < -0.39 is 23.3 Å². The van der Waals surface area contributed by atoms with E-state index in [0.29, 0.717) is 13.2 Å². The van der Waals surface area contributed by atoms with Gasteiger partial charge >= 0.3 is 6.18 Å². The fourth-order valence-electron chi connectivity index (χ4n) is 2.13. The van der Waals surface area contributed by atoms with Crippen molar-refractivity contribution in [3.8, 4) is 0 Å². The Kier molecular flexibility index (Phi) is 4.03. The number of amides is 1. The number of carbonyl (C=O) groups is 1. The van der Waals surface area contributed by atoms with Gasteiger partial charge in [-0.15, -0.1) is 0 Å². The molecule has 1 saturated heterocycles. The molecule has 0 saturated carbocycles. The molecule has 5 nitrogen and oxygen atoms in total. The molecule has 2 rings (SSSR count). The van der Waals surface area contributed by atoms with Crippen LogP contribution in [-0.4, -0.2) is 46.4 Å². The second-order valence-corrected chi connectivity index (χ2v) is 4.67. The summed E-state index contributed by atoms with van der Waals surface area (Å²) in [6.45, 7) is 4.63. The lowest BCUT2D eigenvalue weighted by Gasteiger charge is -2.33. The first-order valence-corrected chi connectivity index (χ1v) is 6.38. The first-order valence-electron chi connectivity index (χ1n) is 6.38. The quantitative estimate of drug-likeness (QED) is 0.834. The van der Waals surface area contributed by atoms with Gasteiger partial charge in [0.1, 0.15) is 0 Å². The Balaban J connectivity index is 2.35. The average molecular weight is 291 g/mol. The summed E-state index contributed by atoms with van der Waals surface area (Å²) in [6, 6.07) is -0.248. The Hall–Kier alpha value is -1.57. The average Bonchev–Trinajstić information content (AvgIpc) is 2.82. The van der Waals surface area contributed by atoms with Crippen LogP contribution in [-0.2, 0) is 17.5 Å². The van der Waals surface area contributed by atoms with Crippen LogP contribution in [0.15, 0.2) is 6.20 Å². The van der Waals surface area contributed by atoms with Crippen molar-refractivity contribution in [2.45, 2.75) is 32.6 Å². The minimum absolute atomic E-state index is 0.248. The lowest BCUT2D eigenvalue weighted by atomic mass is 10.1. The summed E-state index contributed by atoms with van der Waals surface area (Å²) in [5.41, 5.74) is -1.52. The number of carbonyl (C=O) groups excluding carboxylic acids is 1. The fraction of sp³-hybridized carbons (Fsp3) is 0.667. The van der Waals surface area contributed by atoms with E-state index in [1.54, 1.807) is 13.8 Å². The van der Waals surface area contributed by atoms with Crippen LogP contribution in [0, 0.1) is 0 Å². The fourth-order valence-corrected chi connectivity index (χ4v) is 2.13. The first-order chi connectivity index (χ1) is 9.34. The van der Waals surface area contributed by atoms with Crippen LogP contribution in [0.1, 0.15) is 29.9 Å². The van der Waals surface area contributed by atoms with Crippen molar-refractivity contribution >= 4 is 5.91 Å². The number of hydrogen-bond acceptors (Lipinski definition) is 3. The normalized spacial score (nSPS) is 20.2. The molecular formula is C12H16F3N3O2. The van der Waals surface area contributed by atoms with Crippen molar-refractivity contribution in [2.24, 2.45) is 0 Å². The Morgan fingerprint density at radius 2 is 2.25 bits per heavy atom. The Bertz CT molecular complexity index is 499. The molecule has 20 heavy (non-hydrogen) atoms. The number of aromatic nitrogens is 2. The third kappa shape index (κ3) is 2.79. The van der Waals surface area contributed by atoms with E-state index in [-0.39, 0.29) is 19.1 Å². The second kappa shape index (κ2) is 5.43. The molecule has 0 radical (unpaired) electrons. The van der Waals surface area contributed by atoms with Gasteiger partial charge in [0.2, 0.25) is 0 Å². The molecule has 0 aromatic carbocycles. The second-order valence-electron chi connectivity index (χ2n) is 4.67. The number of morpholine rings is 1. The topological polar surface area (TPSA) is 47.4 Å². The highest BCUT2D eigenvalue weighted by molar-refractivity contribution is 5.95. The summed E-state index contributed by atoms with van der Waals surface area (Å²) < 4.78 is 45.2. The van der Waals surface area contributed by atoms with Gasteiger partial charge in [-0.1, -0.05) is 0 Å². The third-order valence-corrected chi connectivity index (χ3v) is 3.21. The minimum Gasteiger partial charge on any atom is -0.377 e. The molecule has 0 aliphatic carbocycles. The molecule has 1 aliphatic heterocycles. The summed E-state index contributed by atoms with van der Waals surface area (Å²) in [7, 11) is 0. The molecule has 1 aromatic heterocycles. The van der Waals surface area contributed by atoms with Crippen LogP contribution in [0.25, 0.3) is 0 Å². The number of nitrogens with zero attached hydrogens (tertiary/aromatic N) is 3. The van der Waals surface area contributed by atoms with Crippen LogP contribution in [0.3, 0.4) is 0 Å². The van der Waals surface area contributed by atoms with Crippen LogP contribution in [0.5, 0.6) is 0 Å². The van der Waals surface area contributed by atoms with Crippen molar-refractivity contribution in [1.29, 1.82) is 0 Å². The highest BCUT2D eigenvalue weighted by Crippen LogP contribution is 2.31. The smallest absolute Gasteiger partial charge is 0.377 e. The summed E-state index contributed by atoms with van der Waals surface area (Å²) >= 11 is 0. The number of aryl methyl sites for hydroxylation is 1. The van der Waals surface area contributed by atoms with Crippen LogP contribution < -0.4 is 0 Å². The van der Waals surface area contributed by atoms with Crippen molar-refractivity contribution in [3.63, 3.8) is 0 Å². The molecule has 112 valence electrons. The molecule has 1 fully saturated rings. The van der Waals surface area contributed by atoms with Crippen molar-refractivity contribution in [3.05, 3.63) is 17.5 Å². The highest BCUT2D eigenvalue weighted by atomic mass is 19.4. The van der Waals surface area contributed by atoms with E-state index in [1.807, 2.05) is 0 Å². The van der Waals surface area contributed by atoms with Gasteiger partial charge in [-0.3, -0.25) is 9.48 Å². The predicted molar refractivity (Wildman–Crippen MR) is 64.2 cm³/mol. The van der Waals surface area contributed by atoms with E-state index in [4.69, 9.17) is 4.74 Å². The maximum absolute atomic E-state index is 13.0. The van der Waals surface area contributed by atoms with E-state index in [0.717, 1.165) is 10.9 Å². The van der Waals surface area contributed by atoms with Gasteiger partial charge in [-0.2, -0.15) is 18.3 Å². The zero-order valence-corrected chi connectivity index (χ0v) is 11.3. The van der Waals surface area contributed by atoms with Crippen LogP contribution >= 0.6 is 0 Å². The van der Waals surface area contributed by atoms with Gasteiger partial charge in [0.25, 0.3) is 5.91 Å². The Labute approximate surface area is 114 Å². The van der Waals surface area contributed by atoms with E-state index in [2.05, 4.69) is 5.10 Å². The van der Waals surface area contributed by atoms with Gasteiger partial charge in [0.05, 0.1) is 24.8 Å². The molecule has 1 aliphatic rings. The molecule has 1 amide bonds. The van der Waals surface area contributed by atoms with Crippen molar-refractivity contribution in [2.75, 3.05) is 19.8 Å². The van der Waals surface area contributed by atoms with Gasteiger partial charge in [-0.25, -0.2) is 0 Å². The van der Waals surface area contributed by atoms with Crippen molar-refractivity contribution < 1.29 is 22.7 Å². The molecular weight excluding hydrogens is 275 g/mol. The standard InChI is InChI=1S/C12H16F3N3O2/c1-3-17-6-9(10(16-17)12(13,14)15)11(19)18-4-5-20-7-8(18)2/h6,8H,3-5,7H2,1-2H3. The predicted octanol–water partition coefficient (Wildman–Crippen LogP) is 1.78. The maximum atomic E-state index is 13.0. The summed E-state index contributed by atoms with van der Waals surface area (Å²) in [5, 5.41) is 3.45. The van der Waals surface area contributed by atoms with Crippen molar-refractivity contribution in [1.82, 2.24) is 14.7 Å². The zero-order valence-electron chi connectivity index (χ0n) is 11.3. The largest absolute Gasteiger partial charge is 0.435 e. The van der Waals surface area contributed by atoms with E-state index >= 15 is 0 Å². The highest BCUT2D eigenvalue weighted by Gasteiger charge is 2.40. The summed E-state index contributed by atoms with van der Waals surface area (Å²) in [5.74, 6) is -0.646. The van der Waals surface area contributed by atoms with E-state index in [1.165, 1.54) is 4.90 Å². The molecule has 0 N–H and O–H groups in total. The number of rotatable bonds is 2. The molecule has 2 heterocycles. The lowest BCUT2D eigenvalue weighted by Crippen LogP contribution is -2.47. The van der Waals surface area contributed by atoms with Gasteiger partial charge < -0.3 is 9.64 Å². The van der Waals surface area contributed by atoms with Gasteiger partial charge in [0, 0.05) is 19.3 Å². The maximum Gasteiger partial charge on any atom is 0.435 e. The Morgan fingerprint density at radius 1 is 1.55 bits per heavy atom. The number of alkyl halides is 3. The minimum atomic E-state index is -4.64. The lowest BCUT2D eigenvalue weighted by molar-refractivity contribution is -0.142. The molecule has 1 aromatic rings. The summed E-state index contributed by atoms with van der Waals surface area (Å²) in [4.78, 5) is 13.7. The molecule has 0 bridgehead atoms. The number of hydrogen-bond donors (Lipinski definition) is 0. The van der Waals surface area contributed by atoms with Gasteiger partial charge in [0.15, 0.2) is 5.69 Å². The summed E-state index contributed by atoms with van der Waals surface area (Å²) in [6.07, 6.45) is -3.48. The van der Waals surface area contributed by atoms with Crippen LogP contribution in [0.4, 0.5) is 13.2 Å². The zero-order chi connectivity index (χ0) is 14.9. The third-order valence-electron chi connectivity index (χ3n) is 3.21. The molecule has 1 unspecified atom stereocenters. The molecule has 0 spiro atoms. The van der Waals surface area contributed by atoms with Crippen LogP contribution in [0.2, 0.25) is 0 Å². The number of ether oxygens (including phenoxy) is 1. The molecule has 1 atom stereocenters. The first kappa shape index (κ1) is 14.8. The number of halogens is 3. The van der Waals surface area contributed by atoms with Gasteiger partial charge in [-0.05, 0) is 13.8 Å². The Morgan fingerprint density at radius 3 is 2.80 bits per heavy atom. The van der Waals surface area contributed by atoms with E-state index in [9.17, 15) is 18.0 Å². The SMILES string of the molecule is CCn1cc(C(=O)N2CCOCC2C)c(C(F)(F)F)n1. The molecule has 8 heteroatoms. The monoisotopic (exact) mass is 291 g/mol.